The van der Waals surface area contributed by atoms with Crippen LogP contribution in [-0.4, -0.2) is 30.0 Å². The Morgan fingerprint density at radius 3 is 2.62 bits per heavy atom. The summed E-state index contributed by atoms with van der Waals surface area (Å²) in [6, 6.07) is -0.310. The summed E-state index contributed by atoms with van der Waals surface area (Å²) in [6.07, 6.45) is 4.41. The van der Waals surface area contributed by atoms with Gasteiger partial charge in [0.1, 0.15) is 0 Å². The van der Waals surface area contributed by atoms with Gasteiger partial charge in [-0.2, -0.15) is 5.48 Å². The zero-order chi connectivity index (χ0) is 12.0. The third kappa shape index (κ3) is 5.00. The second-order valence-corrected chi connectivity index (χ2v) is 4.24. The third-order valence-electron chi connectivity index (χ3n) is 2.53. The van der Waals surface area contributed by atoms with Crippen molar-refractivity contribution in [2.45, 2.75) is 39.5 Å². The number of unbranched alkanes of at least 4 members (excludes halogenated alkanes) is 1. The molecule has 0 aromatic rings. The maximum atomic E-state index is 11.7. The summed E-state index contributed by atoms with van der Waals surface area (Å²) in [4.78, 5) is 28.4. The van der Waals surface area contributed by atoms with E-state index in [0.29, 0.717) is 5.92 Å². The number of hydrogen-bond donors (Lipinski definition) is 1. The lowest BCUT2D eigenvalue weighted by Crippen LogP contribution is -2.42. The van der Waals surface area contributed by atoms with Gasteiger partial charge in [-0.3, -0.25) is 4.79 Å². The highest BCUT2D eigenvalue weighted by atomic mass is 16.7. The number of amides is 2. The summed E-state index contributed by atoms with van der Waals surface area (Å²) in [6.45, 7) is 4.84. The van der Waals surface area contributed by atoms with Crippen LogP contribution in [0.5, 0.6) is 0 Å². The quantitative estimate of drug-likeness (QED) is 0.728. The summed E-state index contributed by atoms with van der Waals surface area (Å²) in [5.41, 5.74) is 2.16. The van der Waals surface area contributed by atoms with Gasteiger partial charge in [0.25, 0.3) is 0 Å². The first-order chi connectivity index (χ1) is 7.63. The first-order valence-electron chi connectivity index (χ1n) is 5.85. The molecule has 0 heterocycles. The Kier molecular flexibility index (Phi) is 5.08. The van der Waals surface area contributed by atoms with E-state index in [1.807, 2.05) is 0 Å². The molecule has 1 fully saturated rings. The van der Waals surface area contributed by atoms with Crippen LogP contribution >= 0.6 is 0 Å². The molecule has 0 bridgehead atoms. The minimum absolute atomic E-state index is 0.310. The first-order valence-corrected chi connectivity index (χ1v) is 5.85. The van der Waals surface area contributed by atoms with Gasteiger partial charge in [-0.15, -0.1) is 0 Å². The largest absolute Gasteiger partial charge is 0.350 e. The zero-order valence-corrected chi connectivity index (χ0v) is 9.99. The molecule has 2 amide bonds. The van der Waals surface area contributed by atoms with E-state index in [4.69, 9.17) is 0 Å². The smallest absolute Gasteiger partial charge is 0.340 e. The molecule has 1 N–H and O–H groups in total. The monoisotopic (exact) mass is 228 g/mol. The molecule has 5 nitrogen and oxygen atoms in total. The average Bonchev–Trinajstić information content (AvgIpc) is 3.04. The number of hydroxylamine groups is 1. The number of nitrogens with zero attached hydrogens (tertiary/aromatic N) is 1. The molecular formula is C11H20N2O3. The van der Waals surface area contributed by atoms with Crippen molar-refractivity contribution in [2.75, 3.05) is 13.1 Å². The Morgan fingerprint density at radius 1 is 1.44 bits per heavy atom. The lowest BCUT2D eigenvalue weighted by atomic mass is 10.3. The fourth-order valence-corrected chi connectivity index (χ4v) is 1.42. The van der Waals surface area contributed by atoms with Crippen LogP contribution in [0, 0.1) is 5.92 Å². The van der Waals surface area contributed by atoms with Gasteiger partial charge in [0.15, 0.2) is 0 Å². The van der Waals surface area contributed by atoms with Gasteiger partial charge in [-0.1, -0.05) is 13.3 Å². The maximum absolute atomic E-state index is 11.7. The molecule has 92 valence electrons. The Hall–Kier alpha value is -1.26. The lowest BCUT2D eigenvalue weighted by Gasteiger charge is -2.21. The highest BCUT2D eigenvalue weighted by molar-refractivity contribution is 5.75. The van der Waals surface area contributed by atoms with Gasteiger partial charge in [0.2, 0.25) is 0 Å². The lowest BCUT2D eigenvalue weighted by molar-refractivity contribution is -0.146. The van der Waals surface area contributed by atoms with Crippen LogP contribution in [0.1, 0.15) is 39.5 Å². The summed E-state index contributed by atoms with van der Waals surface area (Å²) in [5, 5.41) is 0. The molecule has 1 aliphatic carbocycles. The van der Waals surface area contributed by atoms with E-state index in [9.17, 15) is 9.59 Å². The van der Waals surface area contributed by atoms with Gasteiger partial charge in [-0.25, -0.2) is 4.79 Å². The van der Waals surface area contributed by atoms with E-state index in [2.05, 4.69) is 17.2 Å². The molecule has 1 saturated carbocycles. The Morgan fingerprint density at radius 2 is 2.12 bits per heavy atom. The Bertz CT molecular complexity index is 252. The van der Waals surface area contributed by atoms with Crippen molar-refractivity contribution in [3.8, 4) is 0 Å². The number of nitrogens with one attached hydrogen (secondary N) is 1. The van der Waals surface area contributed by atoms with Crippen molar-refractivity contribution in [2.24, 2.45) is 5.92 Å². The van der Waals surface area contributed by atoms with Gasteiger partial charge >= 0.3 is 12.0 Å². The van der Waals surface area contributed by atoms with Crippen LogP contribution in [0.15, 0.2) is 0 Å². The van der Waals surface area contributed by atoms with Crippen molar-refractivity contribution in [3.63, 3.8) is 0 Å². The molecule has 0 unspecified atom stereocenters. The standard InChI is InChI=1S/C11H20N2O3/c1-3-4-7-13(8-10-5-6-10)11(15)12-16-9(2)14/h10H,3-8H2,1-2H3,(H,12,15). The normalized spacial score (nSPS) is 14.4. The van der Waals surface area contributed by atoms with Crippen molar-refractivity contribution >= 4 is 12.0 Å². The summed E-state index contributed by atoms with van der Waals surface area (Å²) < 4.78 is 0. The van der Waals surface area contributed by atoms with E-state index in [1.165, 1.54) is 19.8 Å². The van der Waals surface area contributed by atoms with Crippen LogP contribution in [-0.2, 0) is 9.63 Å². The van der Waals surface area contributed by atoms with Gasteiger partial charge in [0, 0.05) is 20.0 Å². The van der Waals surface area contributed by atoms with Gasteiger partial charge < -0.3 is 9.74 Å². The molecular weight excluding hydrogens is 208 g/mol. The van der Waals surface area contributed by atoms with Gasteiger partial charge in [-0.05, 0) is 25.2 Å². The highest BCUT2D eigenvalue weighted by Gasteiger charge is 2.26. The number of carbonyl (C=O) groups excluding carboxylic acids is 2. The molecule has 16 heavy (non-hydrogen) atoms. The van der Waals surface area contributed by atoms with Crippen LogP contribution in [0.25, 0.3) is 0 Å². The average molecular weight is 228 g/mol. The molecule has 0 aliphatic heterocycles. The third-order valence-corrected chi connectivity index (χ3v) is 2.53. The second kappa shape index (κ2) is 6.35. The number of rotatable bonds is 5. The predicted octanol–water partition coefficient (Wildman–Crippen LogP) is 1.69. The first kappa shape index (κ1) is 12.8. The van der Waals surface area contributed by atoms with E-state index in [-0.39, 0.29) is 6.03 Å². The molecule has 1 rings (SSSR count). The highest BCUT2D eigenvalue weighted by Crippen LogP contribution is 2.29. The molecule has 0 spiro atoms. The molecule has 0 atom stereocenters. The van der Waals surface area contributed by atoms with Crippen LogP contribution < -0.4 is 5.48 Å². The Labute approximate surface area is 96.1 Å². The molecule has 5 heteroatoms. The van der Waals surface area contributed by atoms with Crippen LogP contribution in [0.4, 0.5) is 4.79 Å². The second-order valence-electron chi connectivity index (χ2n) is 4.24. The van der Waals surface area contributed by atoms with E-state index >= 15 is 0 Å². The predicted molar refractivity (Wildman–Crippen MR) is 59.5 cm³/mol. The maximum Gasteiger partial charge on any atom is 0.350 e. The van der Waals surface area contributed by atoms with E-state index < -0.39 is 5.97 Å². The fourth-order valence-electron chi connectivity index (χ4n) is 1.42. The zero-order valence-electron chi connectivity index (χ0n) is 9.99. The Balaban J connectivity index is 2.32. The number of carbonyl (C=O) groups is 2. The van der Waals surface area contributed by atoms with Crippen molar-refractivity contribution in [3.05, 3.63) is 0 Å². The number of hydrogen-bond acceptors (Lipinski definition) is 3. The summed E-state index contributed by atoms with van der Waals surface area (Å²) in [7, 11) is 0. The van der Waals surface area contributed by atoms with Gasteiger partial charge in [0.05, 0.1) is 0 Å². The minimum atomic E-state index is -0.504. The molecule has 0 radical (unpaired) electrons. The topological polar surface area (TPSA) is 58.6 Å². The van der Waals surface area contributed by atoms with Crippen LogP contribution in [0.2, 0.25) is 0 Å². The molecule has 1 aliphatic rings. The van der Waals surface area contributed by atoms with Crippen molar-refractivity contribution in [1.29, 1.82) is 0 Å². The molecule has 0 saturated heterocycles. The van der Waals surface area contributed by atoms with E-state index in [0.717, 1.165) is 25.9 Å². The SMILES string of the molecule is CCCCN(CC1CC1)C(=O)NOC(C)=O. The van der Waals surface area contributed by atoms with Crippen molar-refractivity contribution < 1.29 is 14.4 Å². The molecule has 0 aromatic heterocycles. The van der Waals surface area contributed by atoms with E-state index in [1.54, 1.807) is 4.90 Å². The van der Waals surface area contributed by atoms with Crippen molar-refractivity contribution in [1.82, 2.24) is 10.4 Å². The summed E-state index contributed by atoms with van der Waals surface area (Å²) in [5.74, 6) is 0.134. The number of urea groups is 1. The fraction of sp³-hybridized carbons (Fsp3) is 0.818. The summed E-state index contributed by atoms with van der Waals surface area (Å²) >= 11 is 0. The van der Waals surface area contributed by atoms with Crippen LogP contribution in [0.3, 0.4) is 0 Å². The molecule has 0 aromatic carbocycles. The minimum Gasteiger partial charge on any atom is -0.340 e.